The molecule has 1 fully saturated rings. The molecule has 5 nitrogen and oxygen atoms in total. The van der Waals surface area contributed by atoms with Crippen molar-refractivity contribution in [3.63, 3.8) is 0 Å². The molecule has 31 heavy (non-hydrogen) atoms. The van der Waals surface area contributed by atoms with E-state index in [9.17, 15) is 4.79 Å². The van der Waals surface area contributed by atoms with Gasteiger partial charge in [0.2, 0.25) is 0 Å². The average molecular weight is 425 g/mol. The molecule has 1 aromatic carbocycles. The summed E-state index contributed by atoms with van der Waals surface area (Å²) in [7, 11) is 0. The van der Waals surface area contributed by atoms with Crippen LogP contribution in [0.1, 0.15) is 46.1 Å². The van der Waals surface area contributed by atoms with Crippen LogP contribution in [0.15, 0.2) is 53.6 Å². The molecule has 1 aliphatic heterocycles. The lowest BCUT2D eigenvalue weighted by Gasteiger charge is -2.46. The summed E-state index contributed by atoms with van der Waals surface area (Å²) in [6, 6.07) is 10.3. The molecule has 0 bridgehead atoms. The number of fused-ring (bicyclic) bond motifs is 2. The third kappa shape index (κ3) is 3.38. The number of rotatable bonds is 4. The number of esters is 1. The molecule has 0 radical (unpaired) electrons. The van der Waals surface area contributed by atoms with Crippen LogP contribution in [0.4, 0.5) is 0 Å². The highest BCUT2D eigenvalue weighted by Crippen LogP contribution is 2.63. The fraction of sp³-hybridized carbons (Fsp3) is 0.577. The molecule has 1 heterocycles. The largest absolute Gasteiger partial charge is 0.457 e. The first kappa shape index (κ1) is 20.9. The van der Waals surface area contributed by atoms with Crippen LogP contribution in [0.3, 0.4) is 0 Å². The molecule has 4 atom stereocenters. The fourth-order valence-electron chi connectivity index (χ4n) is 6.13. The quantitative estimate of drug-likeness (QED) is 0.524. The van der Waals surface area contributed by atoms with Gasteiger partial charge in [-0.3, -0.25) is 4.79 Å². The van der Waals surface area contributed by atoms with Crippen LogP contribution in [-0.2, 0) is 30.3 Å². The molecular formula is C26H32O5. The number of ether oxygens (including phenoxy) is 4. The smallest absolute Gasteiger partial charge is 0.303 e. The zero-order valence-electron chi connectivity index (χ0n) is 18.9. The number of hydrogen-bond acceptors (Lipinski definition) is 5. The second-order valence-electron chi connectivity index (χ2n) is 10.3. The predicted molar refractivity (Wildman–Crippen MR) is 116 cm³/mol. The molecule has 5 rings (SSSR count). The summed E-state index contributed by atoms with van der Waals surface area (Å²) < 4.78 is 24.7. The summed E-state index contributed by atoms with van der Waals surface area (Å²) in [5.74, 6) is -0.783. The maximum atomic E-state index is 12.1. The topological polar surface area (TPSA) is 54.0 Å². The molecule has 1 spiro atoms. The molecule has 0 aromatic heterocycles. The highest BCUT2D eigenvalue weighted by Gasteiger charge is 2.63. The molecule has 0 N–H and O–H groups in total. The summed E-state index contributed by atoms with van der Waals surface area (Å²) in [6.07, 6.45) is 5.47. The fourth-order valence-corrected chi connectivity index (χ4v) is 6.13. The van der Waals surface area contributed by atoms with E-state index in [1.807, 2.05) is 24.3 Å². The zero-order chi connectivity index (χ0) is 21.9. The number of carbonyl (C=O) groups excluding carboxylic acids is 1. The van der Waals surface area contributed by atoms with Gasteiger partial charge in [-0.2, -0.15) is 0 Å². The average Bonchev–Trinajstić information content (AvgIpc) is 3.34. The molecule has 3 aliphatic carbocycles. The Morgan fingerprint density at radius 2 is 1.77 bits per heavy atom. The van der Waals surface area contributed by atoms with Gasteiger partial charge in [0.05, 0.1) is 25.9 Å². The molecule has 0 amide bonds. The van der Waals surface area contributed by atoms with E-state index in [0.717, 1.165) is 18.4 Å². The van der Waals surface area contributed by atoms with Gasteiger partial charge in [-0.25, -0.2) is 0 Å². The van der Waals surface area contributed by atoms with E-state index in [2.05, 4.69) is 39.0 Å². The van der Waals surface area contributed by atoms with Gasteiger partial charge in [-0.15, -0.1) is 0 Å². The van der Waals surface area contributed by atoms with E-state index in [4.69, 9.17) is 18.9 Å². The van der Waals surface area contributed by atoms with Crippen molar-refractivity contribution in [2.45, 2.75) is 65.1 Å². The van der Waals surface area contributed by atoms with Crippen molar-refractivity contribution in [2.75, 3.05) is 13.2 Å². The Balaban J connectivity index is 1.52. The van der Waals surface area contributed by atoms with Crippen LogP contribution in [0, 0.1) is 16.7 Å². The Morgan fingerprint density at radius 3 is 2.45 bits per heavy atom. The van der Waals surface area contributed by atoms with Crippen molar-refractivity contribution in [2.24, 2.45) is 16.7 Å². The Kier molecular flexibility index (Phi) is 4.92. The van der Waals surface area contributed by atoms with E-state index in [1.165, 1.54) is 18.1 Å². The minimum absolute atomic E-state index is 0.0439. The third-order valence-corrected chi connectivity index (χ3v) is 7.52. The second-order valence-corrected chi connectivity index (χ2v) is 10.3. The molecule has 5 heteroatoms. The maximum Gasteiger partial charge on any atom is 0.303 e. The summed E-state index contributed by atoms with van der Waals surface area (Å²) >= 11 is 0. The van der Waals surface area contributed by atoms with Gasteiger partial charge in [0, 0.05) is 24.7 Å². The standard InChI is InChI=1S/C26H32O5/c1-17(27)31-22-19-14-24(2,3)23(28-16-18-8-6-5-7-9-18)21(19)20-15-26(29-12-13-30-26)11-10-25(20,22)4/h5-11,20,22-23H,12-16H2,1-4H3/t20-,22+,23-,25-/m1/s1. The third-order valence-electron chi connectivity index (χ3n) is 7.52. The van der Waals surface area contributed by atoms with Gasteiger partial charge in [0.1, 0.15) is 6.10 Å². The van der Waals surface area contributed by atoms with Gasteiger partial charge in [0.25, 0.3) is 0 Å². The van der Waals surface area contributed by atoms with E-state index in [-0.39, 0.29) is 34.9 Å². The molecular weight excluding hydrogens is 392 g/mol. The first-order valence-corrected chi connectivity index (χ1v) is 11.3. The summed E-state index contributed by atoms with van der Waals surface area (Å²) in [4.78, 5) is 12.1. The maximum absolute atomic E-state index is 12.1. The number of carbonyl (C=O) groups is 1. The normalized spacial score (nSPS) is 34.8. The lowest BCUT2D eigenvalue weighted by Crippen LogP contribution is -2.47. The van der Waals surface area contributed by atoms with Gasteiger partial charge in [0.15, 0.2) is 5.79 Å². The van der Waals surface area contributed by atoms with Crippen molar-refractivity contribution >= 4 is 5.97 Å². The number of hydrogen-bond donors (Lipinski definition) is 0. The molecule has 166 valence electrons. The summed E-state index contributed by atoms with van der Waals surface area (Å²) in [5.41, 5.74) is 3.28. The summed E-state index contributed by atoms with van der Waals surface area (Å²) in [5, 5.41) is 0. The second kappa shape index (κ2) is 7.29. The van der Waals surface area contributed by atoms with Crippen molar-refractivity contribution in [3.8, 4) is 0 Å². The van der Waals surface area contributed by atoms with E-state index < -0.39 is 5.79 Å². The molecule has 0 saturated carbocycles. The highest BCUT2D eigenvalue weighted by molar-refractivity contribution is 5.67. The van der Waals surface area contributed by atoms with Crippen molar-refractivity contribution in [1.29, 1.82) is 0 Å². The first-order valence-electron chi connectivity index (χ1n) is 11.3. The minimum Gasteiger partial charge on any atom is -0.457 e. The first-order chi connectivity index (χ1) is 14.7. The van der Waals surface area contributed by atoms with E-state index in [1.54, 1.807) is 0 Å². The molecule has 1 saturated heterocycles. The van der Waals surface area contributed by atoms with Crippen molar-refractivity contribution in [3.05, 3.63) is 59.2 Å². The van der Waals surface area contributed by atoms with Crippen LogP contribution in [0.25, 0.3) is 0 Å². The van der Waals surface area contributed by atoms with Crippen LogP contribution < -0.4 is 0 Å². The Labute approximate surface area is 184 Å². The predicted octanol–water partition coefficient (Wildman–Crippen LogP) is 4.57. The van der Waals surface area contributed by atoms with Gasteiger partial charge in [-0.1, -0.05) is 57.2 Å². The highest BCUT2D eigenvalue weighted by atomic mass is 16.7. The monoisotopic (exact) mass is 424 g/mol. The lowest BCUT2D eigenvalue weighted by atomic mass is 9.65. The lowest BCUT2D eigenvalue weighted by molar-refractivity contribution is -0.159. The van der Waals surface area contributed by atoms with E-state index in [0.29, 0.717) is 19.8 Å². The SMILES string of the molecule is CC(=O)O[C@H]1C2=C([C@@H](OCc3ccccc3)C(C)(C)C2)[C@H]2CC3(C=C[C@]21C)OCCO3. The molecule has 1 aromatic rings. The van der Waals surface area contributed by atoms with Crippen molar-refractivity contribution < 1.29 is 23.7 Å². The van der Waals surface area contributed by atoms with Crippen molar-refractivity contribution in [1.82, 2.24) is 0 Å². The Morgan fingerprint density at radius 1 is 1.06 bits per heavy atom. The van der Waals surface area contributed by atoms with Gasteiger partial charge in [-0.05, 0) is 34.6 Å². The minimum atomic E-state index is -0.676. The Bertz CT molecular complexity index is 924. The van der Waals surface area contributed by atoms with Gasteiger partial charge < -0.3 is 18.9 Å². The van der Waals surface area contributed by atoms with Crippen LogP contribution >= 0.6 is 0 Å². The van der Waals surface area contributed by atoms with Crippen LogP contribution in [-0.4, -0.2) is 37.2 Å². The molecule has 0 unspecified atom stereocenters. The molecule has 4 aliphatic rings. The number of benzene rings is 1. The van der Waals surface area contributed by atoms with Gasteiger partial charge >= 0.3 is 5.97 Å². The Hall–Kier alpha value is -1.95. The summed E-state index contributed by atoms with van der Waals surface area (Å²) in [6.45, 7) is 9.96. The van der Waals surface area contributed by atoms with Crippen LogP contribution in [0.2, 0.25) is 0 Å². The zero-order valence-corrected chi connectivity index (χ0v) is 18.9. The van der Waals surface area contributed by atoms with E-state index >= 15 is 0 Å². The van der Waals surface area contributed by atoms with Crippen LogP contribution in [0.5, 0.6) is 0 Å².